The van der Waals surface area contributed by atoms with Gasteiger partial charge in [0.2, 0.25) is 0 Å². The van der Waals surface area contributed by atoms with Crippen LogP contribution < -0.4 is 0 Å². The molecule has 0 aromatic carbocycles. The van der Waals surface area contributed by atoms with Gasteiger partial charge in [-0.05, 0) is 0 Å². The summed E-state index contributed by atoms with van der Waals surface area (Å²) < 4.78 is 3.37. The van der Waals surface area contributed by atoms with E-state index in [1.165, 1.54) is 8.87 Å². The predicted molar refractivity (Wildman–Crippen MR) is 47.7 cm³/mol. The van der Waals surface area contributed by atoms with Gasteiger partial charge >= 0.3 is 66.7 Å². The number of halogens is 1. The van der Waals surface area contributed by atoms with Crippen LogP contribution in [0.4, 0.5) is 0 Å². The molecular formula is C7H17ClSn. The molecule has 0 unspecified atom stereocenters. The van der Waals surface area contributed by atoms with Crippen molar-refractivity contribution >= 4 is 26.2 Å². The van der Waals surface area contributed by atoms with Gasteiger partial charge in [0.25, 0.3) is 0 Å². The molecule has 0 aliphatic carbocycles. The van der Waals surface area contributed by atoms with Crippen LogP contribution >= 0.6 is 8.92 Å². The summed E-state index contributed by atoms with van der Waals surface area (Å²) in [7, 11) is 6.45. The van der Waals surface area contributed by atoms with Gasteiger partial charge in [-0.15, -0.1) is 0 Å². The standard InChI is InChI=1S/C3H7.2C2H5.ClH.Sn/c1-3-2;2*1-2;;/h3H,1-2H3;2*1H2,2H3;1H;/q;;;;+1/p-1. The van der Waals surface area contributed by atoms with E-state index in [9.17, 15) is 0 Å². The van der Waals surface area contributed by atoms with Gasteiger partial charge in [-0.1, -0.05) is 0 Å². The van der Waals surface area contributed by atoms with Gasteiger partial charge in [0.15, 0.2) is 0 Å². The molecule has 0 nitrogen and oxygen atoms in total. The third-order valence-electron chi connectivity index (χ3n) is 2.21. The third kappa shape index (κ3) is 2.67. The molecule has 0 heterocycles. The van der Waals surface area contributed by atoms with Crippen molar-refractivity contribution in [1.29, 1.82) is 0 Å². The second kappa shape index (κ2) is 4.07. The van der Waals surface area contributed by atoms with Crippen LogP contribution in [0.2, 0.25) is 12.8 Å². The van der Waals surface area contributed by atoms with Gasteiger partial charge in [0.1, 0.15) is 0 Å². The zero-order valence-electron chi connectivity index (χ0n) is 6.87. The first-order valence-corrected chi connectivity index (χ1v) is 13.1. The topological polar surface area (TPSA) is 0 Å². The second-order valence-corrected chi connectivity index (χ2v) is 21.2. The van der Waals surface area contributed by atoms with Crippen LogP contribution in [0, 0.1) is 0 Å². The molecule has 0 fully saturated rings. The van der Waals surface area contributed by atoms with Crippen LogP contribution in [0.1, 0.15) is 27.7 Å². The van der Waals surface area contributed by atoms with E-state index < -0.39 is 17.3 Å². The minimum absolute atomic E-state index is 0.802. The molecule has 9 heavy (non-hydrogen) atoms. The summed E-state index contributed by atoms with van der Waals surface area (Å²) >= 11 is -2.00. The number of hydrogen-bond acceptors (Lipinski definition) is 0. The van der Waals surface area contributed by atoms with E-state index in [1.54, 1.807) is 0 Å². The molecule has 0 aromatic rings. The number of rotatable bonds is 3. The van der Waals surface area contributed by atoms with Crippen molar-refractivity contribution < 1.29 is 0 Å². The predicted octanol–water partition coefficient (Wildman–Crippen LogP) is 3.62. The molecule has 0 saturated carbocycles. The molecule has 0 radical (unpaired) electrons. The van der Waals surface area contributed by atoms with E-state index in [-0.39, 0.29) is 0 Å². The maximum atomic E-state index is 6.45. The zero-order valence-corrected chi connectivity index (χ0v) is 10.5. The van der Waals surface area contributed by atoms with E-state index in [4.69, 9.17) is 8.92 Å². The average Bonchev–Trinajstić information content (AvgIpc) is 1.86. The Hall–Kier alpha value is 1.09. The molecule has 56 valence electrons. The van der Waals surface area contributed by atoms with Crippen molar-refractivity contribution in [2.45, 2.75) is 40.5 Å². The van der Waals surface area contributed by atoms with Gasteiger partial charge in [0.05, 0.1) is 0 Å². The molecule has 0 rings (SSSR count). The van der Waals surface area contributed by atoms with E-state index in [0.29, 0.717) is 0 Å². The van der Waals surface area contributed by atoms with Crippen molar-refractivity contribution in [1.82, 2.24) is 0 Å². The van der Waals surface area contributed by atoms with Gasteiger partial charge in [0, 0.05) is 0 Å². The SMILES string of the molecule is C[CH2][Sn]([Cl])([CH2]C)[CH](C)C. The zero-order chi connectivity index (χ0) is 7.49. The number of hydrogen-bond donors (Lipinski definition) is 0. The second-order valence-electron chi connectivity index (χ2n) is 2.90. The molecule has 0 saturated heterocycles. The third-order valence-corrected chi connectivity index (χ3v) is 21.3. The van der Waals surface area contributed by atoms with Crippen molar-refractivity contribution in [2.75, 3.05) is 0 Å². The Bertz CT molecular complexity index is 77.0. The Morgan fingerprint density at radius 2 is 1.56 bits per heavy atom. The van der Waals surface area contributed by atoms with Gasteiger partial charge < -0.3 is 0 Å². The molecule has 0 atom stereocenters. The molecule has 2 heteroatoms. The Kier molecular flexibility index (Phi) is 4.56. The molecular weight excluding hydrogens is 238 g/mol. The van der Waals surface area contributed by atoms with Crippen molar-refractivity contribution in [3.05, 3.63) is 0 Å². The van der Waals surface area contributed by atoms with E-state index >= 15 is 0 Å². The summed E-state index contributed by atoms with van der Waals surface area (Å²) in [5.74, 6) is 0. The molecule has 0 N–H and O–H groups in total. The van der Waals surface area contributed by atoms with Crippen LogP contribution in [0.25, 0.3) is 0 Å². The normalized spacial score (nSPS) is 12.7. The van der Waals surface area contributed by atoms with Crippen LogP contribution in [-0.4, -0.2) is 17.3 Å². The molecule has 0 aliphatic heterocycles. The quantitative estimate of drug-likeness (QED) is 0.676. The van der Waals surface area contributed by atoms with Crippen molar-refractivity contribution in [3.8, 4) is 0 Å². The molecule has 0 aromatic heterocycles. The van der Waals surface area contributed by atoms with Crippen molar-refractivity contribution in [3.63, 3.8) is 0 Å². The Labute approximate surface area is 66.6 Å². The minimum atomic E-state index is -2.00. The van der Waals surface area contributed by atoms with E-state index in [0.717, 1.165) is 3.93 Å². The van der Waals surface area contributed by atoms with Crippen LogP contribution in [-0.2, 0) is 0 Å². The van der Waals surface area contributed by atoms with Crippen LogP contribution in [0.15, 0.2) is 0 Å². The summed E-state index contributed by atoms with van der Waals surface area (Å²) in [4.78, 5) is 0. The van der Waals surface area contributed by atoms with E-state index in [2.05, 4.69) is 27.7 Å². The average molecular weight is 255 g/mol. The van der Waals surface area contributed by atoms with Gasteiger partial charge in [-0.25, -0.2) is 0 Å². The molecule has 0 spiro atoms. The summed E-state index contributed by atoms with van der Waals surface area (Å²) in [6.07, 6.45) is 0. The molecule has 0 amide bonds. The van der Waals surface area contributed by atoms with Gasteiger partial charge in [-0.3, -0.25) is 0 Å². The summed E-state index contributed by atoms with van der Waals surface area (Å²) in [5.41, 5.74) is 0. The van der Waals surface area contributed by atoms with Crippen molar-refractivity contribution in [2.24, 2.45) is 0 Å². The Morgan fingerprint density at radius 1 is 1.22 bits per heavy atom. The Balaban J connectivity index is 3.92. The fourth-order valence-electron chi connectivity index (χ4n) is 1.07. The van der Waals surface area contributed by atoms with E-state index in [1.807, 2.05) is 0 Å². The molecule has 0 bridgehead atoms. The fraction of sp³-hybridized carbons (Fsp3) is 1.00. The first-order valence-electron chi connectivity index (χ1n) is 3.75. The first-order chi connectivity index (χ1) is 4.06. The summed E-state index contributed by atoms with van der Waals surface area (Å²) in [6.45, 7) is 9.03. The molecule has 0 aliphatic rings. The van der Waals surface area contributed by atoms with Gasteiger partial charge in [-0.2, -0.15) is 0 Å². The maximum absolute atomic E-state index is 6.45. The van der Waals surface area contributed by atoms with Crippen LogP contribution in [0.5, 0.6) is 0 Å². The Morgan fingerprint density at radius 3 is 1.56 bits per heavy atom. The monoisotopic (exact) mass is 256 g/mol. The fourth-order valence-corrected chi connectivity index (χ4v) is 7.15. The van der Waals surface area contributed by atoms with Crippen LogP contribution in [0.3, 0.4) is 0 Å². The first kappa shape index (κ1) is 10.1. The summed E-state index contributed by atoms with van der Waals surface area (Å²) in [6, 6.07) is 0. The summed E-state index contributed by atoms with van der Waals surface area (Å²) in [5, 5.41) is 0.